The van der Waals surface area contributed by atoms with Crippen molar-refractivity contribution in [2.75, 3.05) is 7.05 Å². The van der Waals surface area contributed by atoms with Gasteiger partial charge in [-0.15, -0.1) is 0 Å². The number of nitrogens with one attached hydrogen (secondary N) is 1. The molecule has 2 rings (SSSR count). The zero-order valence-corrected chi connectivity index (χ0v) is 11.8. The molecule has 2 aromatic rings. The highest BCUT2D eigenvalue weighted by Crippen LogP contribution is 2.22. The summed E-state index contributed by atoms with van der Waals surface area (Å²) in [5.41, 5.74) is 3.22. The second-order valence-electron chi connectivity index (χ2n) is 3.92. The van der Waals surface area contributed by atoms with E-state index in [1.807, 2.05) is 37.3 Å². The van der Waals surface area contributed by atoms with Crippen LogP contribution in [0.5, 0.6) is 0 Å². The largest absolute Gasteiger partial charge is 0.355 e. The lowest BCUT2D eigenvalue weighted by molar-refractivity contribution is 0.0962. The number of aromatic nitrogens is 1. The minimum Gasteiger partial charge on any atom is -0.355 e. The standard InChI is InChI=1S/C14H13BrN2O/c1-9-12(14(18)16-2)6-7-13(17-9)10-4-3-5-11(15)8-10/h3-8H,1-2H3,(H,16,18). The van der Waals surface area contributed by atoms with Crippen molar-refractivity contribution in [3.05, 3.63) is 52.1 Å². The monoisotopic (exact) mass is 304 g/mol. The van der Waals surface area contributed by atoms with Crippen molar-refractivity contribution in [1.29, 1.82) is 0 Å². The predicted octanol–water partition coefficient (Wildman–Crippen LogP) is 3.18. The van der Waals surface area contributed by atoms with Crippen LogP contribution in [-0.2, 0) is 0 Å². The number of amides is 1. The number of nitrogens with zero attached hydrogens (tertiary/aromatic N) is 1. The van der Waals surface area contributed by atoms with E-state index in [1.54, 1.807) is 13.1 Å². The Kier molecular flexibility index (Phi) is 3.77. The van der Waals surface area contributed by atoms with Crippen molar-refractivity contribution in [3.63, 3.8) is 0 Å². The van der Waals surface area contributed by atoms with Gasteiger partial charge in [-0.3, -0.25) is 9.78 Å². The molecular weight excluding hydrogens is 292 g/mol. The first-order valence-electron chi connectivity index (χ1n) is 5.57. The molecule has 0 saturated heterocycles. The van der Waals surface area contributed by atoms with Crippen molar-refractivity contribution in [2.24, 2.45) is 0 Å². The molecule has 0 saturated carbocycles. The fourth-order valence-corrected chi connectivity index (χ4v) is 2.14. The van der Waals surface area contributed by atoms with E-state index in [2.05, 4.69) is 26.2 Å². The van der Waals surface area contributed by atoms with Gasteiger partial charge in [-0.05, 0) is 31.2 Å². The third-order valence-electron chi connectivity index (χ3n) is 2.68. The van der Waals surface area contributed by atoms with Crippen molar-refractivity contribution < 1.29 is 4.79 Å². The molecule has 0 atom stereocenters. The van der Waals surface area contributed by atoms with Crippen LogP contribution in [0.1, 0.15) is 16.1 Å². The number of hydrogen-bond donors (Lipinski definition) is 1. The molecule has 1 aromatic carbocycles. The van der Waals surface area contributed by atoms with E-state index in [-0.39, 0.29) is 5.91 Å². The van der Waals surface area contributed by atoms with Gasteiger partial charge in [0, 0.05) is 17.1 Å². The average molecular weight is 305 g/mol. The second kappa shape index (κ2) is 5.31. The summed E-state index contributed by atoms with van der Waals surface area (Å²) in [7, 11) is 1.62. The lowest BCUT2D eigenvalue weighted by atomic mass is 10.1. The Labute approximate surface area is 114 Å². The van der Waals surface area contributed by atoms with E-state index in [0.29, 0.717) is 5.56 Å². The number of pyridine rings is 1. The number of benzene rings is 1. The Bertz CT molecular complexity index is 596. The summed E-state index contributed by atoms with van der Waals surface area (Å²) in [6.45, 7) is 1.84. The third kappa shape index (κ3) is 2.59. The number of halogens is 1. The third-order valence-corrected chi connectivity index (χ3v) is 3.17. The van der Waals surface area contributed by atoms with Crippen LogP contribution in [0.2, 0.25) is 0 Å². The van der Waals surface area contributed by atoms with Gasteiger partial charge in [0.2, 0.25) is 0 Å². The van der Waals surface area contributed by atoms with E-state index >= 15 is 0 Å². The van der Waals surface area contributed by atoms with Crippen molar-refractivity contribution in [2.45, 2.75) is 6.92 Å². The molecule has 0 radical (unpaired) electrons. The van der Waals surface area contributed by atoms with E-state index in [9.17, 15) is 4.79 Å². The van der Waals surface area contributed by atoms with Crippen LogP contribution in [0.4, 0.5) is 0 Å². The summed E-state index contributed by atoms with van der Waals surface area (Å²) in [5, 5.41) is 2.60. The molecule has 18 heavy (non-hydrogen) atoms. The van der Waals surface area contributed by atoms with Gasteiger partial charge >= 0.3 is 0 Å². The Balaban J connectivity index is 2.43. The van der Waals surface area contributed by atoms with Crippen LogP contribution in [0.25, 0.3) is 11.3 Å². The molecule has 3 nitrogen and oxygen atoms in total. The first-order valence-corrected chi connectivity index (χ1v) is 6.37. The Morgan fingerprint density at radius 3 is 2.67 bits per heavy atom. The molecule has 0 spiro atoms. The number of rotatable bonds is 2. The Morgan fingerprint density at radius 1 is 1.28 bits per heavy atom. The van der Waals surface area contributed by atoms with Crippen LogP contribution < -0.4 is 5.32 Å². The lowest BCUT2D eigenvalue weighted by Crippen LogP contribution is -2.19. The Morgan fingerprint density at radius 2 is 2.06 bits per heavy atom. The summed E-state index contributed by atoms with van der Waals surface area (Å²) < 4.78 is 1.01. The lowest BCUT2D eigenvalue weighted by Gasteiger charge is -2.07. The minimum absolute atomic E-state index is 0.110. The topological polar surface area (TPSA) is 42.0 Å². The van der Waals surface area contributed by atoms with Crippen LogP contribution >= 0.6 is 15.9 Å². The maximum absolute atomic E-state index is 11.6. The highest BCUT2D eigenvalue weighted by molar-refractivity contribution is 9.10. The zero-order chi connectivity index (χ0) is 13.1. The second-order valence-corrected chi connectivity index (χ2v) is 4.83. The van der Waals surface area contributed by atoms with Crippen molar-refractivity contribution in [1.82, 2.24) is 10.3 Å². The van der Waals surface area contributed by atoms with Gasteiger partial charge in [0.05, 0.1) is 17.0 Å². The van der Waals surface area contributed by atoms with Gasteiger partial charge in [-0.1, -0.05) is 28.1 Å². The molecule has 4 heteroatoms. The van der Waals surface area contributed by atoms with Gasteiger partial charge in [-0.2, -0.15) is 0 Å². The number of carbonyl (C=O) groups excluding carboxylic acids is 1. The van der Waals surface area contributed by atoms with Crippen LogP contribution in [0.15, 0.2) is 40.9 Å². The smallest absolute Gasteiger partial charge is 0.252 e. The maximum atomic E-state index is 11.6. The van der Waals surface area contributed by atoms with Crippen molar-refractivity contribution >= 4 is 21.8 Å². The molecule has 1 amide bonds. The minimum atomic E-state index is -0.110. The fraction of sp³-hybridized carbons (Fsp3) is 0.143. The maximum Gasteiger partial charge on any atom is 0.252 e. The molecule has 1 aromatic heterocycles. The summed E-state index contributed by atoms with van der Waals surface area (Å²) >= 11 is 3.43. The van der Waals surface area contributed by atoms with E-state index in [1.165, 1.54) is 0 Å². The fourth-order valence-electron chi connectivity index (χ4n) is 1.74. The summed E-state index contributed by atoms with van der Waals surface area (Å²) in [5.74, 6) is -0.110. The summed E-state index contributed by atoms with van der Waals surface area (Å²) in [6, 6.07) is 11.6. The summed E-state index contributed by atoms with van der Waals surface area (Å²) in [6.07, 6.45) is 0. The predicted molar refractivity (Wildman–Crippen MR) is 75.5 cm³/mol. The van der Waals surface area contributed by atoms with E-state index in [4.69, 9.17) is 0 Å². The highest BCUT2D eigenvalue weighted by Gasteiger charge is 2.09. The molecule has 0 aliphatic heterocycles. The number of hydrogen-bond acceptors (Lipinski definition) is 2. The number of aryl methyl sites for hydroxylation is 1. The molecule has 1 heterocycles. The van der Waals surface area contributed by atoms with Gasteiger partial charge in [0.15, 0.2) is 0 Å². The van der Waals surface area contributed by atoms with Crippen LogP contribution in [0.3, 0.4) is 0 Å². The van der Waals surface area contributed by atoms with E-state index < -0.39 is 0 Å². The number of carbonyl (C=O) groups is 1. The first kappa shape index (κ1) is 12.8. The average Bonchev–Trinajstić information content (AvgIpc) is 2.37. The molecule has 0 aliphatic carbocycles. The molecule has 0 unspecified atom stereocenters. The zero-order valence-electron chi connectivity index (χ0n) is 10.2. The quantitative estimate of drug-likeness (QED) is 0.926. The van der Waals surface area contributed by atoms with Crippen LogP contribution in [0, 0.1) is 6.92 Å². The van der Waals surface area contributed by atoms with Gasteiger partial charge < -0.3 is 5.32 Å². The Hall–Kier alpha value is -1.68. The summed E-state index contributed by atoms with van der Waals surface area (Å²) in [4.78, 5) is 16.0. The molecule has 0 fully saturated rings. The van der Waals surface area contributed by atoms with Crippen LogP contribution in [-0.4, -0.2) is 17.9 Å². The molecule has 0 aliphatic rings. The van der Waals surface area contributed by atoms with E-state index in [0.717, 1.165) is 21.4 Å². The molecule has 0 bridgehead atoms. The van der Waals surface area contributed by atoms with Gasteiger partial charge in [0.25, 0.3) is 5.91 Å². The van der Waals surface area contributed by atoms with Crippen molar-refractivity contribution in [3.8, 4) is 11.3 Å². The normalized spacial score (nSPS) is 10.2. The molecule has 1 N–H and O–H groups in total. The molecule has 92 valence electrons. The molecular formula is C14H13BrN2O. The first-order chi connectivity index (χ1) is 8.61. The highest BCUT2D eigenvalue weighted by atomic mass is 79.9. The SMILES string of the molecule is CNC(=O)c1ccc(-c2cccc(Br)c2)nc1C. The van der Waals surface area contributed by atoms with Gasteiger partial charge in [0.1, 0.15) is 0 Å². The van der Waals surface area contributed by atoms with Gasteiger partial charge in [-0.25, -0.2) is 0 Å².